The van der Waals surface area contributed by atoms with E-state index >= 15 is 0 Å². The minimum atomic E-state index is -3.76. The first-order valence-electron chi connectivity index (χ1n) is 5.97. The second-order valence-electron chi connectivity index (χ2n) is 4.40. The molecular weight excluding hydrogens is 296 g/mol. The normalized spacial score (nSPS) is 11.5. The number of pyridine rings is 1. The fourth-order valence-electron chi connectivity index (χ4n) is 1.61. The summed E-state index contributed by atoms with van der Waals surface area (Å²) in [4.78, 5) is 18.7. The van der Waals surface area contributed by atoms with Crippen molar-refractivity contribution in [2.45, 2.75) is 18.5 Å². The molecule has 21 heavy (non-hydrogen) atoms. The van der Waals surface area contributed by atoms with Crippen LogP contribution in [-0.2, 0) is 23.6 Å². The molecule has 0 atom stereocenters. The Hall–Kier alpha value is -2.26. The van der Waals surface area contributed by atoms with E-state index in [4.69, 9.17) is 5.11 Å². The van der Waals surface area contributed by atoms with Crippen molar-refractivity contribution in [1.29, 1.82) is 0 Å². The van der Waals surface area contributed by atoms with E-state index in [-0.39, 0.29) is 17.1 Å². The molecule has 0 radical (unpaired) electrons. The number of aromatic carboxylic acids is 1. The SMILES string of the molecule is Cc1nc(S(=O)(=O)NCc2cc(C(=O)O)ccn2)cn1C. The van der Waals surface area contributed by atoms with Gasteiger partial charge >= 0.3 is 5.97 Å². The van der Waals surface area contributed by atoms with Gasteiger partial charge in [-0.1, -0.05) is 0 Å². The third-order valence-electron chi connectivity index (χ3n) is 2.87. The molecule has 0 fully saturated rings. The van der Waals surface area contributed by atoms with Crippen molar-refractivity contribution in [3.05, 3.63) is 41.6 Å². The predicted molar refractivity (Wildman–Crippen MR) is 73.2 cm³/mol. The fourth-order valence-corrected chi connectivity index (χ4v) is 2.64. The van der Waals surface area contributed by atoms with E-state index in [1.165, 1.54) is 24.5 Å². The second kappa shape index (κ2) is 5.62. The molecule has 0 aliphatic rings. The molecule has 2 N–H and O–H groups in total. The molecule has 0 saturated heterocycles. The highest BCUT2D eigenvalue weighted by Crippen LogP contribution is 2.09. The van der Waals surface area contributed by atoms with E-state index in [0.717, 1.165) is 0 Å². The van der Waals surface area contributed by atoms with Crippen LogP contribution in [0.25, 0.3) is 0 Å². The summed E-state index contributed by atoms with van der Waals surface area (Å²) in [5.74, 6) is -0.525. The van der Waals surface area contributed by atoms with E-state index < -0.39 is 16.0 Å². The van der Waals surface area contributed by atoms with Crippen molar-refractivity contribution in [3.8, 4) is 0 Å². The molecule has 112 valence electrons. The van der Waals surface area contributed by atoms with Gasteiger partial charge in [0.15, 0.2) is 5.03 Å². The highest BCUT2D eigenvalue weighted by atomic mass is 32.2. The average molecular weight is 310 g/mol. The number of aromatic nitrogens is 3. The van der Waals surface area contributed by atoms with Crippen molar-refractivity contribution >= 4 is 16.0 Å². The number of carboxylic acid groups (broad SMARTS) is 1. The van der Waals surface area contributed by atoms with E-state index in [1.54, 1.807) is 18.5 Å². The van der Waals surface area contributed by atoms with Gasteiger partial charge in [0.2, 0.25) is 0 Å². The maximum Gasteiger partial charge on any atom is 0.335 e. The largest absolute Gasteiger partial charge is 0.478 e. The summed E-state index contributed by atoms with van der Waals surface area (Å²) in [6.07, 6.45) is 2.72. The molecule has 0 amide bonds. The number of imidazole rings is 1. The van der Waals surface area contributed by atoms with Gasteiger partial charge < -0.3 is 9.67 Å². The zero-order chi connectivity index (χ0) is 15.6. The van der Waals surface area contributed by atoms with Gasteiger partial charge in [0, 0.05) is 19.4 Å². The Morgan fingerprint density at radius 3 is 2.76 bits per heavy atom. The predicted octanol–water partition coefficient (Wildman–Crippen LogP) is 0.300. The fraction of sp³-hybridized carbons (Fsp3) is 0.250. The Kier molecular flexibility index (Phi) is 4.05. The van der Waals surface area contributed by atoms with Crippen molar-refractivity contribution < 1.29 is 18.3 Å². The highest BCUT2D eigenvalue weighted by molar-refractivity contribution is 7.89. The van der Waals surface area contributed by atoms with Crippen molar-refractivity contribution in [2.75, 3.05) is 0 Å². The lowest BCUT2D eigenvalue weighted by Crippen LogP contribution is -2.24. The van der Waals surface area contributed by atoms with E-state index in [9.17, 15) is 13.2 Å². The topological polar surface area (TPSA) is 114 Å². The molecule has 9 heteroatoms. The maximum absolute atomic E-state index is 12.1. The molecule has 8 nitrogen and oxygen atoms in total. The molecule has 0 aromatic carbocycles. The zero-order valence-electron chi connectivity index (χ0n) is 11.4. The van der Waals surface area contributed by atoms with Gasteiger partial charge in [0.25, 0.3) is 10.0 Å². The summed E-state index contributed by atoms with van der Waals surface area (Å²) in [6, 6.07) is 2.65. The van der Waals surface area contributed by atoms with Gasteiger partial charge in [0.05, 0.1) is 17.8 Å². The van der Waals surface area contributed by atoms with Crippen LogP contribution in [0.5, 0.6) is 0 Å². The molecule has 0 unspecified atom stereocenters. The van der Waals surface area contributed by atoms with Gasteiger partial charge in [-0.2, -0.15) is 0 Å². The van der Waals surface area contributed by atoms with Gasteiger partial charge in [-0.3, -0.25) is 4.98 Å². The van der Waals surface area contributed by atoms with E-state index in [0.29, 0.717) is 11.5 Å². The zero-order valence-corrected chi connectivity index (χ0v) is 12.3. The van der Waals surface area contributed by atoms with Gasteiger partial charge in [0.1, 0.15) is 5.82 Å². The number of carbonyl (C=O) groups is 1. The van der Waals surface area contributed by atoms with Gasteiger partial charge in [-0.15, -0.1) is 0 Å². The van der Waals surface area contributed by atoms with Crippen LogP contribution in [0.4, 0.5) is 0 Å². The van der Waals surface area contributed by atoms with Crippen LogP contribution in [0.3, 0.4) is 0 Å². The Morgan fingerprint density at radius 2 is 2.19 bits per heavy atom. The summed E-state index contributed by atoms with van der Waals surface area (Å²) in [5.41, 5.74) is 0.360. The Bertz CT molecular complexity index is 763. The molecule has 0 spiro atoms. The molecule has 2 rings (SSSR count). The Morgan fingerprint density at radius 1 is 1.48 bits per heavy atom. The average Bonchev–Trinajstić information content (AvgIpc) is 2.78. The molecule has 0 aliphatic heterocycles. The van der Waals surface area contributed by atoms with E-state index in [2.05, 4.69) is 14.7 Å². The van der Waals surface area contributed by atoms with Crippen LogP contribution in [0, 0.1) is 6.92 Å². The number of sulfonamides is 1. The lowest BCUT2D eigenvalue weighted by atomic mass is 10.2. The van der Waals surface area contributed by atoms with Crippen LogP contribution in [0.2, 0.25) is 0 Å². The van der Waals surface area contributed by atoms with Crippen LogP contribution in [0.15, 0.2) is 29.6 Å². The van der Waals surface area contributed by atoms with Crippen LogP contribution >= 0.6 is 0 Å². The number of hydrogen-bond donors (Lipinski definition) is 2. The lowest BCUT2D eigenvalue weighted by molar-refractivity contribution is 0.0696. The quantitative estimate of drug-likeness (QED) is 0.821. The number of aryl methyl sites for hydroxylation is 2. The first-order valence-corrected chi connectivity index (χ1v) is 7.46. The van der Waals surface area contributed by atoms with E-state index in [1.807, 2.05) is 0 Å². The minimum absolute atomic E-state index is 0.0490. The molecule has 2 aromatic heterocycles. The van der Waals surface area contributed by atoms with Gasteiger partial charge in [-0.25, -0.2) is 22.9 Å². The smallest absolute Gasteiger partial charge is 0.335 e. The molecule has 0 aliphatic carbocycles. The monoisotopic (exact) mass is 310 g/mol. The van der Waals surface area contributed by atoms with Gasteiger partial charge in [-0.05, 0) is 19.1 Å². The van der Waals surface area contributed by atoms with Crippen LogP contribution in [-0.4, -0.2) is 34.0 Å². The third kappa shape index (κ3) is 3.44. The summed E-state index contributed by atoms with van der Waals surface area (Å²) in [5, 5.41) is 8.78. The summed E-state index contributed by atoms with van der Waals surface area (Å²) >= 11 is 0. The van der Waals surface area contributed by atoms with Crippen LogP contribution in [0.1, 0.15) is 21.9 Å². The number of hydrogen-bond acceptors (Lipinski definition) is 5. The Balaban J connectivity index is 2.15. The van der Waals surface area contributed by atoms with Crippen LogP contribution < -0.4 is 4.72 Å². The summed E-state index contributed by atoms with van der Waals surface area (Å²) < 4.78 is 28.1. The summed E-state index contributed by atoms with van der Waals surface area (Å²) in [6.45, 7) is 1.58. The molecule has 0 saturated carbocycles. The second-order valence-corrected chi connectivity index (χ2v) is 6.12. The first-order chi connectivity index (χ1) is 9.79. The number of rotatable bonds is 5. The standard InChI is InChI=1S/C12H14N4O4S/c1-8-15-11(7-16(8)2)21(19,20)14-6-10-5-9(12(17)18)3-4-13-10/h3-5,7,14H,6H2,1-2H3,(H,17,18). The number of carboxylic acids is 1. The highest BCUT2D eigenvalue weighted by Gasteiger charge is 2.18. The van der Waals surface area contributed by atoms with Crippen molar-refractivity contribution in [3.63, 3.8) is 0 Å². The number of nitrogens with zero attached hydrogens (tertiary/aromatic N) is 3. The first kappa shape index (κ1) is 15.1. The number of nitrogens with one attached hydrogen (secondary N) is 1. The molecular formula is C12H14N4O4S. The minimum Gasteiger partial charge on any atom is -0.478 e. The van der Waals surface area contributed by atoms with Crippen molar-refractivity contribution in [2.24, 2.45) is 7.05 Å². The summed E-state index contributed by atoms with van der Waals surface area (Å²) in [7, 11) is -2.07. The molecule has 0 bridgehead atoms. The molecule has 2 aromatic rings. The maximum atomic E-state index is 12.1. The van der Waals surface area contributed by atoms with Crippen molar-refractivity contribution in [1.82, 2.24) is 19.3 Å². The lowest BCUT2D eigenvalue weighted by Gasteiger charge is -2.04. The molecule has 2 heterocycles. The third-order valence-corrected chi connectivity index (χ3v) is 4.14. The Labute approximate surface area is 121 Å².